The maximum atomic E-state index is 14.2. The lowest BCUT2D eigenvalue weighted by Gasteiger charge is -2.37. The van der Waals surface area contributed by atoms with Gasteiger partial charge < -0.3 is 5.11 Å². The number of alkyl halides is 5. The van der Waals surface area contributed by atoms with E-state index in [9.17, 15) is 37.2 Å². The predicted molar refractivity (Wildman–Crippen MR) is 81.2 cm³/mol. The molecule has 0 aliphatic heterocycles. The quantitative estimate of drug-likeness (QED) is 0.435. The third-order valence-corrected chi connectivity index (χ3v) is 4.08. The van der Waals surface area contributed by atoms with E-state index in [1.807, 2.05) is 0 Å². The van der Waals surface area contributed by atoms with Gasteiger partial charge in [-0.3, -0.25) is 10.1 Å². The van der Waals surface area contributed by atoms with E-state index in [0.29, 0.717) is 10.5 Å². The van der Waals surface area contributed by atoms with Gasteiger partial charge in [-0.25, -0.2) is 0 Å². The Morgan fingerprint density at radius 3 is 2.00 bits per heavy atom. The van der Waals surface area contributed by atoms with Gasteiger partial charge in [-0.2, -0.15) is 22.0 Å². The molecule has 0 aromatic heterocycles. The van der Waals surface area contributed by atoms with E-state index >= 15 is 0 Å². The number of aliphatic hydroxyl groups is 1. The van der Waals surface area contributed by atoms with Crippen molar-refractivity contribution in [2.45, 2.75) is 17.7 Å². The molecule has 1 unspecified atom stereocenters. The third-order valence-electron chi connectivity index (χ3n) is 3.55. The molecule has 0 heterocycles. The number of nitrogens with zero attached hydrogens (tertiary/aromatic N) is 1. The smallest absolute Gasteiger partial charge is 0.374 e. The van der Waals surface area contributed by atoms with Gasteiger partial charge in [0.1, 0.15) is 0 Å². The Bertz CT molecular complexity index is 794. The summed E-state index contributed by atoms with van der Waals surface area (Å²) in [5.41, 5.74) is -6.30. The number of rotatable bonds is 4. The predicted octanol–water partition coefficient (Wildman–Crippen LogP) is 4.79. The minimum Gasteiger partial charge on any atom is -0.374 e. The van der Waals surface area contributed by atoms with Gasteiger partial charge in [0.15, 0.2) is 5.60 Å². The standard InChI is InChI=1S/C15H9BrF5NO3/c16-11-6-4-9(5-7-11)13(23,14(17,18)15(19,20)21)10-2-1-3-12(8-10)22(24)25/h1-8,23H. The van der Waals surface area contributed by atoms with Crippen LogP contribution < -0.4 is 0 Å². The first-order valence-corrected chi connectivity index (χ1v) is 7.38. The minimum absolute atomic E-state index is 0.382. The molecule has 134 valence electrons. The van der Waals surface area contributed by atoms with Crippen molar-refractivity contribution in [3.05, 3.63) is 74.2 Å². The van der Waals surface area contributed by atoms with Crippen LogP contribution in [0.15, 0.2) is 53.0 Å². The van der Waals surface area contributed by atoms with Crippen molar-refractivity contribution in [2.75, 3.05) is 0 Å². The lowest BCUT2D eigenvalue weighted by Crippen LogP contribution is -2.55. The van der Waals surface area contributed by atoms with Gasteiger partial charge in [-0.05, 0) is 17.7 Å². The van der Waals surface area contributed by atoms with Crippen LogP contribution in [0.3, 0.4) is 0 Å². The number of nitro groups is 1. The summed E-state index contributed by atoms with van der Waals surface area (Å²) in [4.78, 5) is 9.85. The first kappa shape index (κ1) is 19.3. The molecule has 1 atom stereocenters. The van der Waals surface area contributed by atoms with Crippen molar-refractivity contribution in [1.29, 1.82) is 0 Å². The second-order valence-corrected chi connectivity index (χ2v) is 6.01. The van der Waals surface area contributed by atoms with E-state index in [-0.39, 0.29) is 0 Å². The molecule has 0 saturated heterocycles. The maximum absolute atomic E-state index is 14.2. The fourth-order valence-corrected chi connectivity index (χ4v) is 2.53. The van der Waals surface area contributed by atoms with Crippen molar-refractivity contribution in [3.63, 3.8) is 0 Å². The Kier molecular flexibility index (Phi) is 4.88. The fourth-order valence-electron chi connectivity index (χ4n) is 2.27. The molecule has 4 nitrogen and oxygen atoms in total. The molecule has 2 aromatic rings. The van der Waals surface area contributed by atoms with Crippen LogP contribution in [0.2, 0.25) is 0 Å². The molecule has 0 spiro atoms. The number of hydrogen-bond donors (Lipinski definition) is 1. The van der Waals surface area contributed by atoms with Crippen molar-refractivity contribution < 1.29 is 32.0 Å². The number of benzene rings is 2. The Morgan fingerprint density at radius 2 is 1.52 bits per heavy atom. The van der Waals surface area contributed by atoms with Crippen molar-refractivity contribution in [3.8, 4) is 0 Å². The van der Waals surface area contributed by atoms with Crippen LogP contribution >= 0.6 is 15.9 Å². The Balaban J connectivity index is 2.79. The highest BCUT2D eigenvalue weighted by Gasteiger charge is 2.71. The highest BCUT2D eigenvalue weighted by molar-refractivity contribution is 9.10. The molecule has 10 heteroatoms. The van der Waals surface area contributed by atoms with E-state index < -0.39 is 39.4 Å². The lowest BCUT2D eigenvalue weighted by atomic mass is 9.80. The maximum Gasteiger partial charge on any atom is 0.457 e. The van der Waals surface area contributed by atoms with E-state index in [1.165, 1.54) is 12.1 Å². The monoisotopic (exact) mass is 425 g/mol. The number of nitro benzene ring substituents is 1. The van der Waals surface area contributed by atoms with Gasteiger partial charge in [-0.1, -0.05) is 40.2 Å². The molecule has 2 rings (SSSR count). The molecule has 0 aliphatic rings. The summed E-state index contributed by atoms with van der Waals surface area (Å²) in [6.45, 7) is 0. The topological polar surface area (TPSA) is 63.4 Å². The summed E-state index contributed by atoms with van der Waals surface area (Å²) in [6, 6.07) is 7.19. The molecule has 25 heavy (non-hydrogen) atoms. The summed E-state index contributed by atoms with van der Waals surface area (Å²) in [5, 5.41) is 21.3. The highest BCUT2D eigenvalue weighted by Crippen LogP contribution is 2.52. The van der Waals surface area contributed by atoms with Crippen molar-refractivity contribution in [1.82, 2.24) is 0 Å². The summed E-state index contributed by atoms with van der Waals surface area (Å²) >= 11 is 3.01. The summed E-state index contributed by atoms with van der Waals surface area (Å²) in [6.07, 6.45) is -6.10. The molecule has 0 saturated carbocycles. The van der Waals surface area contributed by atoms with E-state index in [0.717, 1.165) is 30.3 Å². The zero-order valence-corrected chi connectivity index (χ0v) is 13.7. The molecule has 0 bridgehead atoms. The van der Waals surface area contributed by atoms with Gasteiger partial charge in [0, 0.05) is 22.2 Å². The fraction of sp³-hybridized carbons (Fsp3) is 0.200. The Hall–Kier alpha value is -2.07. The van der Waals surface area contributed by atoms with Crippen LogP contribution in [-0.4, -0.2) is 22.1 Å². The van der Waals surface area contributed by atoms with Crippen LogP contribution in [0.5, 0.6) is 0 Å². The molecule has 0 radical (unpaired) electrons. The molecule has 0 amide bonds. The normalized spacial score (nSPS) is 14.8. The lowest BCUT2D eigenvalue weighted by molar-refractivity contribution is -0.385. The van der Waals surface area contributed by atoms with Gasteiger partial charge >= 0.3 is 12.1 Å². The second-order valence-electron chi connectivity index (χ2n) is 5.10. The van der Waals surface area contributed by atoms with Crippen LogP contribution in [0.25, 0.3) is 0 Å². The Morgan fingerprint density at radius 1 is 0.960 bits per heavy atom. The zero-order chi connectivity index (χ0) is 19.0. The van der Waals surface area contributed by atoms with Gasteiger partial charge in [-0.15, -0.1) is 0 Å². The zero-order valence-electron chi connectivity index (χ0n) is 12.1. The second kappa shape index (κ2) is 6.34. The summed E-state index contributed by atoms with van der Waals surface area (Å²) in [7, 11) is 0. The van der Waals surface area contributed by atoms with Crippen molar-refractivity contribution in [2.24, 2.45) is 0 Å². The summed E-state index contributed by atoms with van der Waals surface area (Å²) < 4.78 is 67.8. The number of hydrogen-bond acceptors (Lipinski definition) is 3. The molecular weight excluding hydrogens is 417 g/mol. The average molecular weight is 426 g/mol. The van der Waals surface area contributed by atoms with E-state index in [1.54, 1.807) is 0 Å². The molecule has 2 aromatic carbocycles. The average Bonchev–Trinajstić information content (AvgIpc) is 2.53. The van der Waals surface area contributed by atoms with Gasteiger partial charge in [0.25, 0.3) is 5.69 Å². The van der Waals surface area contributed by atoms with E-state index in [2.05, 4.69) is 15.9 Å². The van der Waals surface area contributed by atoms with Crippen LogP contribution in [-0.2, 0) is 5.60 Å². The number of halogens is 6. The minimum atomic E-state index is -6.10. The van der Waals surface area contributed by atoms with Gasteiger partial charge in [0.05, 0.1) is 4.92 Å². The van der Waals surface area contributed by atoms with Crippen molar-refractivity contribution >= 4 is 21.6 Å². The SMILES string of the molecule is O=[N+]([O-])c1cccc(C(O)(c2ccc(Br)cc2)C(F)(F)C(F)(F)F)c1. The van der Waals surface area contributed by atoms with Crippen LogP contribution in [0.1, 0.15) is 11.1 Å². The number of non-ortho nitro benzene ring substituents is 1. The molecule has 1 N–H and O–H groups in total. The molecule has 0 aliphatic carbocycles. The van der Waals surface area contributed by atoms with Crippen LogP contribution in [0, 0.1) is 10.1 Å². The van der Waals surface area contributed by atoms with Crippen LogP contribution in [0.4, 0.5) is 27.6 Å². The first-order valence-electron chi connectivity index (χ1n) is 6.59. The molecular formula is C15H9BrF5NO3. The highest BCUT2D eigenvalue weighted by atomic mass is 79.9. The molecule has 0 fully saturated rings. The van der Waals surface area contributed by atoms with E-state index in [4.69, 9.17) is 0 Å². The third kappa shape index (κ3) is 3.23. The van der Waals surface area contributed by atoms with Gasteiger partial charge in [0.2, 0.25) is 0 Å². The first-order chi connectivity index (χ1) is 11.4. The Labute approximate surface area is 146 Å². The largest absolute Gasteiger partial charge is 0.457 e. The summed E-state index contributed by atoms with van der Waals surface area (Å²) in [5.74, 6) is -5.61.